The molecular formula is C18H21N3. The molecule has 0 aliphatic carbocycles. The second-order valence-electron chi connectivity index (χ2n) is 5.43. The molecule has 3 nitrogen and oxygen atoms in total. The summed E-state index contributed by atoms with van der Waals surface area (Å²) < 4.78 is 0. The minimum atomic E-state index is 0.969. The lowest BCUT2D eigenvalue weighted by molar-refractivity contribution is 0.272. The van der Waals surface area contributed by atoms with Crippen LogP contribution in [0.5, 0.6) is 0 Å². The van der Waals surface area contributed by atoms with E-state index in [0.717, 1.165) is 31.7 Å². The average molecular weight is 279 g/mol. The molecule has 1 aliphatic heterocycles. The lowest BCUT2D eigenvalue weighted by Gasteiger charge is -2.34. The smallest absolute Gasteiger partial charge is 0.0542 e. The topological polar surface area (TPSA) is 18.8 Å². The molecule has 0 unspecified atom stereocenters. The van der Waals surface area contributed by atoms with Crippen LogP contribution in [0.15, 0.2) is 59.7 Å². The van der Waals surface area contributed by atoms with Crippen molar-refractivity contribution in [2.24, 2.45) is 5.10 Å². The normalized spacial score (nSPS) is 15.7. The molecule has 3 rings (SSSR count). The van der Waals surface area contributed by atoms with E-state index < -0.39 is 0 Å². The second-order valence-corrected chi connectivity index (χ2v) is 5.43. The first kappa shape index (κ1) is 13.7. The largest absolute Gasteiger partial charge is 0.368 e. The standard InChI is InChI=1S/C18H21N3/c1-16-7-9-18(10-8-16)20-11-13-21(14-12-20)19-15-17-5-3-2-4-6-17/h2-10,15H,11-14H2,1H3/b19-15+. The first-order valence-corrected chi connectivity index (χ1v) is 7.47. The zero-order valence-electron chi connectivity index (χ0n) is 12.4. The lowest BCUT2D eigenvalue weighted by atomic mass is 10.2. The molecule has 0 atom stereocenters. The maximum atomic E-state index is 4.58. The molecule has 1 aliphatic rings. The van der Waals surface area contributed by atoms with Gasteiger partial charge in [0.05, 0.1) is 19.3 Å². The lowest BCUT2D eigenvalue weighted by Crippen LogP contribution is -2.44. The second kappa shape index (κ2) is 6.44. The number of nitrogens with zero attached hydrogens (tertiary/aromatic N) is 3. The van der Waals surface area contributed by atoms with Crippen molar-refractivity contribution in [3.63, 3.8) is 0 Å². The minimum absolute atomic E-state index is 0.969. The van der Waals surface area contributed by atoms with Gasteiger partial charge in [0.25, 0.3) is 0 Å². The van der Waals surface area contributed by atoms with E-state index in [9.17, 15) is 0 Å². The number of benzene rings is 2. The summed E-state index contributed by atoms with van der Waals surface area (Å²) in [5.41, 5.74) is 3.77. The van der Waals surface area contributed by atoms with E-state index in [1.807, 2.05) is 24.4 Å². The fraction of sp³-hybridized carbons (Fsp3) is 0.278. The monoisotopic (exact) mass is 279 g/mol. The third kappa shape index (κ3) is 3.63. The molecule has 0 N–H and O–H groups in total. The van der Waals surface area contributed by atoms with Gasteiger partial charge < -0.3 is 4.90 Å². The summed E-state index contributed by atoms with van der Waals surface area (Å²) in [5, 5.41) is 6.73. The van der Waals surface area contributed by atoms with Crippen molar-refractivity contribution >= 4 is 11.9 Å². The zero-order chi connectivity index (χ0) is 14.5. The van der Waals surface area contributed by atoms with Gasteiger partial charge in [0, 0.05) is 18.8 Å². The Hall–Kier alpha value is -2.29. The summed E-state index contributed by atoms with van der Waals surface area (Å²) in [5.74, 6) is 0. The van der Waals surface area contributed by atoms with Gasteiger partial charge in [-0.15, -0.1) is 0 Å². The van der Waals surface area contributed by atoms with E-state index >= 15 is 0 Å². The first-order chi connectivity index (χ1) is 10.3. The SMILES string of the molecule is Cc1ccc(N2CCN(/N=C/c3ccccc3)CC2)cc1. The molecule has 0 amide bonds. The van der Waals surface area contributed by atoms with E-state index in [0.29, 0.717) is 0 Å². The van der Waals surface area contributed by atoms with Crippen molar-refractivity contribution in [1.82, 2.24) is 5.01 Å². The third-order valence-electron chi connectivity index (χ3n) is 3.82. The molecule has 108 valence electrons. The maximum Gasteiger partial charge on any atom is 0.0542 e. The van der Waals surface area contributed by atoms with E-state index in [1.165, 1.54) is 11.3 Å². The fourth-order valence-electron chi connectivity index (χ4n) is 2.51. The molecule has 0 radical (unpaired) electrons. The van der Waals surface area contributed by atoms with Crippen LogP contribution in [-0.2, 0) is 0 Å². The van der Waals surface area contributed by atoms with Crippen LogP contribution in [0.4, 0.5) is 5.69 Å². The summed E-state index contributed by atoms with van der Waals surface area (Å²) in [6.45, 7) is 6.11. The van der Waals surface area contributed by atoms with Crippen LogP contribution in [0.1, 0.15) is 11.1 Å². The van der Waals surface area contributed by atoms with Crippen LogP contribution in [-0.4, -0.2) is 37.4 Å². The molecule has 0 bridgehead atoms. The van der Waals surface area contributed by atoms with Gasteiger partial charge in [-0.05, 0) is 24.6 Å². The number of hydrogen-bond acceptors (Lipinski definition) is 3. The Morgan fingerprint density at radius 1 is 0.857 bits per heavy atom. The quantitative estimate of drug-likeness (QED) is 0.804. The summed E-state index contributed by atoms with van der Waals surface area (Å²) >= 11 is 0. The van der Waals surface area contributed by atoms with Gasteiger partial charge in [-0.1, -0.05) is 48.0 Å². The summed E-state index contributed by atoms with van der Waals surface area (Å²) in [7, 11) is 0. The van der Waals surface area contributed by atoms with Crippen LogP contribution < -0.4 is 4.90 Å². The number of aryl methyl sites for hydroxylation is 1. The molecule has 0 spiro atoms. The van der Waals surface area contributed by atoms with Crippen LogP contribution >= 0.6 is 0 Å². The number of anilines is 1. The van der Waals surface area contributed by atoms with Gasteiger partial charge in [0.15, 0.2) is 0 Å². The first-order valence-electron chi connectivity index (χ1n) is 7.47. The van der Waals surface area contributed by atoms with Gasteiger partial charge in [0.1, 0.15) is 0 Å². The van der Waals surface area contributed by atoms with E-state index in [2.05, 4.69) is 58.3 Å². The molecule has 1 heterocycles. The summed E-state index contributed by atoms with van der Waals surface area (Å²) in [4.78, 5) is 2.42. The van der Waals surface area contributed by atoms with Crippen LogP contribution in [0.2, 0.25) is 0 Å². The van der Waals surface area contributed by atoms with Crippen molar-refractivity contribution < 1.29 is 0 Å². The van der Waals surface area contributed by atoms with Crippen LogP contribution in [0.25, 0.3) is 0 Å². The number of hydrazone groups is 1. The highest BCUT2D eigenvalue weighted by molar-refractivity contribution is 5.79. The Morgan fingerprint density at radius 3 is 2.19 bits per heavy atom. The predicted octanol–water partition coefficient (Wildman–Crippen LogP) is 3.15. The summed E-state index contributed by atoms with van der Waals surface area (Å²) in [6.07, 6.45) is 1.95. The molecule has 0 saturated carbocycles. The Morgan fingerprint density at radius 2 is 1.52 bits per heavy atom. The van der Waals surface area contributed by atoms with Gasteiger partial charge >= 0.3 is 0 Å². The molecular weight excluding hydrogens is 258 g/mol. The average Bonchev–Trinajstić information content (AvgIpc) is 2.55. The summed E-state index contributed by atoms with van der Waals surface area (Å²) in [6, 6.07) is 19.0. The number of hydrogen-bond donors (Lipinski definition) is 0. The van der Waals surface area contributed by atoms with Gasteiger partial charge in [0.2, 0.25) is 0 Å². The van der Waals surface area contributed by atoms with Crippen molar-refractivity contribution in [2.75, 3.05) is 31.1 Å². The van der Waals surface area contributed by atoms with Crippen LogP contribution in [0, 0.1) is 6.92 Å². The fourth-order valence-corrected chi connectivity index (χ4v) is 2.51. The molecule has 2 aromatic carbocycles. The Labute approximate surface area is 126 Å². The highest BCUT2D eigenvalue weighted by atomic mass is 15.5. The molecule has 2 aromatic rings. The van der Waals surface area contributed by atoms with E-state index in [4.69, 9.17) is 0 Å². The molecule has 0 aromatic heterocycles. The maximum absolute atomic E-state index is 4.58. The minimum Gasteiger partial charge on any atom is -0.368 e. The Balaban J connectivity index is 1.55. The molecule has 3 heteroatoms. The Bertz CT molecular complexity index is 582. The van der Waals surface area contributed by atoms with E-state index in [-0.39, 0.29) is 0 Å². The van der Waals surface area contributed by atoms with Gasteiger partial charge in [-0.25, -0.2) is 0 Å². The number of piperazine rings is 1. The van der Waals surface area contributed by atoms with Crippen molar-refractivity contribution in [2.45, 2.75) is 6.92 Å². The van der Waals surface area contributed by atoms with Crippen molar-refractivity contribution in [1.29, 1.82) is 0 Å². The molecule has 1 fully saturated rings. The third-order valence-corrected chi connectivity index (χ3v) is 3.82. The highest BCUT2D eigenvalue weighted by Gasteiger charge is 2.15. The van der Waals surface area contributed by atoms with Crippen molar-refractivity contribution in [3.8, 4) is 0 Å². The number of rotatable bonds is 3. The molecule has 21 heavy (non-hydrogen) atoms. The molecule has 1 saturated heterocycles. The Kier molecular flexibility index (Phi) is 4.20. The predicted molar refractivity (Wildman–Crippen MR) is 89.0 cm³/mol. The van der Waals surface area contributed by atoms with Crippen molar-refractivity contribution in [3.05, 3.63) is 65.7 Å². The van der Waals surface area contributed by atoms with E-state index in [1.54, 1.807) is 0 Å². The van der Waals surface area contributed by atoms with Gasteiger partial charge in [-0.3, -0.25) is 5.01 Å². The zero-order valence-corrected chi connectivity index (χ0v) is 12.4. The highest BCUT2D eigenvalue weighted by Crippen LogP contribution is 2.17. The van der Waals surface area contributed by atoms with Crippen LogP contribution in [0.3, 0.4) is 0 Å². The van der Waals surface area contributed by atoms with Gasteiger partial charge in [-0.2, -0.15) is 5.10 Å².